The summed E-state index contributed by atoms with van der Waals surface area (Å²) in [4.78, 5) is 223. The Morgan fingerprint density at radius 3 is 0.660 bits per heavy atom. The summed E-state index contributed by atoms with van der Waals surface area (Å²) in [6.07, 6.45) is 6.41. The number of unbranched alkanes of at least 4 members (excludes halogenated alkanes) is 8. The molecule has 0 rings (SSSR count). The van der Waals surface area contributed by atoms with Gasteiger partial charge < -0.3 is 108 Å². The van der Waals surface area contributed by atoms with Gasteiger partial charge in [0.15, 0.2) is 85.1 Å². The number of hydrogen-bond acceptors (Lipinski definition) is 36. The first-order chi connectivity index (χ1) is 47.5. The van der Waals surface area contributed by atoms with Crippen LogP contribution in [0.5, 0.6) is 0 Å². The standard InChI is InChI=1S/C30H44N2O18.C14H24N2O8.C14H18O12/c1-21(33)13-44-27(39)17-47-24(36)9-5-6-10-25(37)48-18-29(41)50-20-30(42)49-19-28(40)46-15-23(35)32-12-8-4-3-7-11-31-22(34)14-45-26(38)16-43-2;17-7-13(21)23-9-11(19)15-5-3-1-2-4-6-16-12(20)10-24-14(22)8-18;15-9(16)5-23-13(21)7-25-11(19)3-1-2-4-12(20)26-8-14(22)24-6-10(17)18/h3-20H2,1-2H3,(H,31,34)(H,32,35);17-18H,1-10H2,(H,15,19)(H,16,20);1-8H2,(H,15,16)(H,17,18). The van der Waals surface area contributed by atoms with Crippen LogP contribution in [0.1, 0.15) is 110 Å². The van der Waals surface area contributed by atoms with E-state index in [1.54, 1.807) is 0 Å². The van der Waals surface area contributed by atoms with Crippen molar-refractivity contribution in [3.63, 3.8) is 0 Å². The maximum absolute atomic E-state index is 11.8. The summed E-state index contributed by atoms with van der Waals surface area (Å²) in [5.41, 5.74) is 0. The van der Waals surface area contributed by atoms with Crippen LogP contribution in [-0.4, -0.2) is 278 Å². The van der Waals surface area contributed by atoms with Gasteiger partial charge in [0.2, 0.25) is 0 Å². The number of aliphatic hydroxyl groups excluding tert-OH is 2. The van der Waals surface area contributed by atoms with Gasteiger partial charge in [0.1, 0.15) is 26.4 Å². The number of ether oxygens (including phenoxy) is 14. The molecule has 0 saturated heterocycles. The Morgan fingerprint density at radius 2 is 0.440 bits per heavy atom. The van der Waals surface area contributed by atoms with Crippen molar-refractivity contribution >= 4 is 119 Å². The molecule has 4 amide bonds. The summed E-state index contributed by atoms with van der Waals surface area (Å²) in [6, 6.07) is 0. The van der Waals surface area contributed by atoms with Crippen LogP contribution in [0.4, 0.5) is 0 Å². The van der Waals surface area contributed by atoms with Gasteiger partial charge in [-0.2, -0.15) is 0 Å². The highest BCUT2D eigenvalue weighted by atomic mass is 16.6. The molecule has 0 atom stereocenters. The van der Waals surface area contributed by atoms with E-state index in [4.69, 9.17) is 29.9 Å². The van der Waals surface area contributed by atoms with E-state index in [9.17, 15) is 95.9 Å². The highest BCUT2D eigenvalue weighted by molar-refractivity contribution is 5.85. The van der Waals surface area contributed by atoms with Crippen molar-refractivity contribution in [3.05, 3.63) is 0 Å². The molecule has 0 radical (unpaired) electrons. The number of carboxylic acid groups (broad SMARTS) is 2. The van der Waals surface area contributed by atoms with Gasteiger partial charge in [0, 0.05) is 59.0 Å². The molecular weight excluding hydrogens is 1360 g/mol. The fourth-order valence-electron chi connectivity index (χ4n) is 6.08. The number of methoxy groups -OCH3 is 1. The summed E-state index contributed by atoms with van der Waals surface area (Å²) in [7, 11) is 1.33. The van der Waals surface area contributed by atoms with E-state index in [1.165, 1.54) is 14.0 Å². The van der Waals surface area contributed by atoms with E-state index < -0.39 is 206 Å². The lowest BCUT2D eigenvalue weighted by atomic mass is 10.2. The molecule has 42 heteroatoms. The van der Waals surface area contributed by atoms with E-state index in [-0.39, 0.29) is 70.4 Å². The minimum absolute atomic E-state index is 0.0971. The van der Waals surface area contributed by atoms with Crippen LogP contribution in [0.25, 0.3) is 0 Å². The van der Waals surface area contributed by atoms with Gasteiger partial charge in [0.25, 0.3) is 23.6 Å². The van der Waals surface area contributed by atoms with Crippen molar-refractivity contribution in [1.82, 2.24) is 21.3 Å². The van der Waals surface area contributed by atoms with Crippen LogP contribution in [0.15, 0.2) is 0 Å². The number of hydrogen-bond donors (Lipinski definition) is 8. The highest BCUT2D eigenvalue weighted by Gasteiger charge is 2.18. The lowest BCUT2D eigenvalue weighted by molar-refractivity contribution is -0.168. The predicted octanol–water partition coefficient (Wildman–Crippen LogP) is -4.88. The predicted molar refractivity (Wildman–Crippen MR) is 320 cm³/mol. The van der Waals surface area contributed by atoms with Crippen molar-refractivity contribution in [2.24, 2.45) is 0 Å². The molecule has 0 saturated carbocycles. The zero-order chi connectivity index (χ0) is 75.7. The molecule has 42 nitrogen and oxygen atoms in total. The van der Waals surface area contributed by atoms with E-state index in [2.05, 4.69) is 78.1 Å². The van der Waals surface area contributed by atoms with E-state index >= 15 is 0 Å². The first kappa shape index (κ1) is 93.7. The van der Waals surface area contributed by atoms with Crippen LogP contribution < -0.4 is 21.3 Å². The van der Waals surface area contributed by atoms with E-state index in [0.717, 1.165) is 38.5 Å². The third-order valence-electron chi connectivity index (χ3n) is 10.8. The van der Waals surface area contributed by atoms with Crippen LogP contribution in [0, 0.1) is 0 Å². The Hall–Kier alpha value is -10.5. The van der Waals surface area contributed by atoms with Gasteiger partial charge in [-0.3, -0.25) is 43.2 Å². The van der Waals surface area contributed by atoms with Crippen LogP contribution in [0.2, 0.25) is 0 Å². The topological polar surface area (TPSA) is 600 Å². The van der Waals surface area contributed by atoms with Gasteiger partial charge in [-0.1, -0.05) is 25.7 Å². The number of rotatable bonds is 54. The van der Waals surface area contributed by atoms with Crippen LogP contribution in [-0.2, 0) is 162 Å². The molecule has 0 bridgehead atoms. The first-order valence-electron chi connectivity index (χ1n) is 30.3. The largest absolute Gasteiger partial charge is 0.479 e. The number of nitrogens with one attached hydrogen (secondary N) is 4. The lowest BCUT2D eigenvalue weighted by Gasteiger charge is -2.08. The molecule has 0 spiro atoms. The molecule has 0 aromatic carbocycles. The average Bonchev–Trinajstić information content (AvgIpc) is 2.12. The maximum atomic E-state index is 11.8. The fourth-order valence-corrected chi connectivity index (χ4v) is 6.08. The fraction of sp³-hybridized carbons (Fsp3) is 0.655. The monoisotopic (exact) mass is 1450 g/mol. The Morgan fingerprint density at radius 1 is 0.240 bits per heavy atom. The smallest absolute Gasteiger partial charge is 0.344 e. The molecule has 8 N–H and O–H groups in total. The van der Waals surface area contributed by atoms with Gasteiger partial charge in [-0.05, 0) is 58.3 Å². The minimum atomic E-state index is -1.34. The van der Waals surface area contributed by atoms with Gasteiger partial charge in [-0.15, -0.1) is 0 Å². The number of carboxylic acids is 2. The Bertz CT molecular complexity index is 2540. The summed E-state index contributed by atoms with van der Waals surface area (Å²) < 4.78 is 63.4. The van der Waals surface area contributed by atoms with Crippen molar-refractivity contribution < 1.29 is 183 Å². The van der Waals surface area contributed by atoms with Gasteiger partial charge in [0.05, 0.1) is 0 Å². The molecule has 0 unspecified atom stereocenters. The third-order valence-corrected chi connectivity index (χ3v) is 10.8. The molecule has 0 fully saturated rings. The molecule has 0 aliphatic rings. The number of amides is 4. The lowest BCUT2D eigenvalue weighted by Crippen LogP contribution is -2.31. The Labute approximate surface area is 570 Å². The third kappa shape index (κ3) is 68.9. The maximum Gasteiger partial charge on any atom is 0.344 e. The second-order valence-corrected chi connectivity index (χ2v) is 19.5. The normalized spacial score (nSPS) is 9.96. The molecule has 0 aromatic rings. The number of esters is 13. The second-order valence-electron chi connectivity index (χ2n) is 19.5. The number of aliphatic carboxylic acids is 2. The van der Waals surface area contributed by atoms with Gasteiger partial charge >= 0.3 is 89.5 Å². The molecular formula is C58H86N4O38. The summed E-state index contributed by atoms with van der Waals surface area (Å²) in [5.74, 6) is -16.3. The number of ketones is 1. The summed E-state index contributed by atoms with van der Waals surface area (Å²) in [6.45, 7) is -7.44. The molecule has 100 heavy (non-hydrogen) atoms. The quantitative estimate of drug-likeness (QED) is 0.0161. The molecule has 566 valence electrons. The average molecular weight is 1450 g/mol. The Kier molecular flexibility index (Phi) is 59.2. The highest BCUT2D eigenvalue weighted by Crippen LogP contribution is 2.06. The second kappa shape index (κ2) is 63.2. The van der Waals surface area contributed by atoms with Gasteiger partial charge in [-0.25, -0.2) is 52.7 Å². The zero-order valence-electron chi connectivity index (χ0n) is 55.1. The van der Waals surface area contributed by atoms with Crippen molar-refractivity contribution in [2.75, 3.05) is 139 Å². The van der Waals surface area contributed by atoms with Crippen LogP contribution in [0.3, 0.4) is 0 Å². The molecule has 0 aromatic heterocycles. The van der Waals surface area contributed by atoms with Crippen LogP contribution >= 0.6 is 0 Å². The number of aliphatic hydroxyl groups is 2. The van der Waals surface area contributed by atoms with E-state index in [1.807, 2.05) is 0 Å². The molecule has 0 aliphatic carbocycles. The van der Waals surface area contributed by atoms with Crippen molar-refractivity contribution in [3.8, 4) is 0 Å². The Balaban J connectivity index is -0.00000157. The summed E-state index contributed by atoms with van der Waals surface area (Å²) in [5, 5.41) is 43.6. The first-order valence-corrected chi connectivity index (χ1v) is 30.3. The van der Waals surface area contributed by atoms with E-state index in [0.29, 0.717) is 39.0 Å². The number of carbonyl (C=O) groups is 20. The minimum Gasteiger partial charge on any atom is -0.479 e. The molecule has 0 heterocycles. The number of carbonyl (C=O) groups excluding carboxylic acids is 18. The summed E-state index contributed by atoms with van der Waals surface area (Å²) >= 11 is 0. The zero-order valence-corrected chi connectivity index (χ0v) is 55.1. The number of Topliss-reactive ketones (excluding diaryl/α,β-unsaturated/α-hetero) is 1. The van der Waals surface area contributed by atoms with Crippen molar-refractivity contribution in [1.29, 1.82) is 0 Å². The van der Waals surface area contributed by atoms with Crippen molar-refractivity contribution in [2.45, 2.75) is 110 Å². The molecule has 0 aliphatic heterocycles. The SMILES string of the molecule is COCC(=O)OCC(=O)NCCCCCCNC(=O)COC(=O)COC(=O)COC(=O)COC(=O)CCCCC(=O)OCC(=O)OCC(C)=O.O=C(COC(=O)CO)NCCCCCCNC(=O)COC(=O)CO.O=C(O)COC(=O)COC(=O)CCCCC(=O)OCC(=O)OCC(=O)O.